The van der Waals surface area contributed by atoms with E-state index in [9.17, 15) is 19.8 Å². The second-order valence-electron chi connectivity index (χ2n) is 10.2. The average molecular weight is 510 g/mol. The van der Waals surface area contributed by atoms with Crippen molar-refractivity contribution in [1.29, 1.82) is 0 Å². The number of aromatic nitrogens is 2. The number of nitrogens with zero attached hydrogens (tertiary/aromatic N) is 2. The molecule has 3 N–H and O–H groups in total. The first kappa shape index (κ1) is 23.6. The van der Waals surface area contributed by atoms with Crippen LogP contribution in [-0.2, 0) is 34.7 Å². The number of aryl methyl sites for hydroxylation is 1. The molecule has 2 aromatic heterocycles. The van der Waals surface area contributed by atoms with E-state index < -0.39 is 17.7 Å². The molecule has 1 aromatic carbocycles. The van der Waals surface area contributed by atoms with Crippen molar-refractivity contribution in [3.05, 3.63) is 60.9 Å². The first-order chi connectivity index (χ1) is 17.2. The number of hydrogen-bond donors (Lipinski definition) is 3. The van der Waals surface area contributed by atoms with Crippen LogP contribution >= 0.6 is 11.6 Å². The summed E-state index contributed by atoms with van der Waals surface area (Å²) >= 11 is 6.60. The number of esters is 1. The molecule has 2 aliphatic heterocycles. The van der Waals surface area contributed by atoms with Crippen LogP contribution < -0.4 is 10.9 Å². The Balaban J connectivity index is 1.64. The molecular formula is C27H28ClN3O5. The fraction of sp³-hybridized carbons (Fsp3) is 0.444. The highest BCUT2D eigenvalue weighted by molar-refractivity contribution is 6.32. The third kappa shape index (κ3) is 3.14. The van der Waals surface area contributed by atoms with E-state index in [-0.39, 0.29) is 24.6 Å². The van der Waals surface area contributed by atoms with E-state index in [0.717, 1.165) is 40.4 Å². The maximum atomic E-state index is 13.6. The minimum Gasteiger partial charge on any atom is -0.458 e. The predicted molar refractivity (Wildman–Crippen MR) is 135 cm³/mol. The number of benzene rings is 1. The zero-order chi connectivity index (χ0) is 25.5. The van der Waals surface area contributed by atoms with Gasteiger partial charge in [-0.1, -0.05) is 18.5 Å². The molecule has 9 heteroatoms. The van der Waals surface area contributed by atoms with Crippen LogP contribution in [0.25, 0.3) is 22.3 Å². The number of ether oxygens (including phenoxy) is 1. The average Bonchev–Trinajstić information content (AvgIpc) is 3.22. The van der Waals surface area contributed by atoms with Gasteiger partial charge in [0.1, 0.15) is 6.61 Å². The maximum Gasteiger partial charge on any atom is 0.343 e. The molecule has 3 aliphatic rings. The lowest BCUT2D eigenvalue weighted by molar-refractivity contribution is -0.172. The summed E-state index contributed by atoms with van der Waals surface area (Å²) in [5.74, 6) is -0.740. The molecule has 0 bridgehead atoms. The normalized spacial score (nSPS) is 22.7. The second-order valence-corrected chi connectivity index (χ2v) is 10.6. The second kappa shape index (κ2) is 8.11. The molecule has 0 radical (unpaired) electrons. The summed E-state index contributed by atoms with van der Waals surface area (Å²) in [4.78, 5) is 31.1. The van der Waals surface area contributed by atoms with Gasteiger partial charge in [-0.2, -0.15) is 0 Å². The van der Waals surface area contributed by atoms with Gasteiger partial charge in [-0.3, -0.25) is 4.79 Å². The molecule has 0 saturated heterocycles. The zero-order valence-electron chi connectivity index (χ0n) is 20.4. The van der Waals surface area contributed by atoms with Crippen molar-refractivity contribution in [3.63, 3.8) is 0 Å². The van der Waals surface area contributed by atoms with E-state index in [1.807, 2.05) is 13.0 Å². The Kier molecular flexibility index (Phi) is 5.32. The SMILES string of the molecule is CC[C@@]1(O)C(=O)OCc2c1cc1n(c2=O)Cc2c-1nc1cc(Cl)c(C)c3c1c2[C@@H](NCC(C)O)CC3. The van der Waals surface area contributed by atoms with E-state index >= 15 is 0 Å². The van der Waals surface area contributed by atoms with Crippen LogP contribution in [0.1, 0.15) is 66.1 Å². The lowest BCUT2D eigenvalue weighted by Gasteiger charge is -2.31. The fourth-order valence-electron chi connectivity index (χ4n) is 6.07. The molecule has 3 aromatic rings. The molecule has 1 unspecified atom stereocenters. The van der Waals surface area contributed by atoms with E-state index in [0.29, 0.717) is 40.6 Å². The monoisotopic (exact) mass is 509 g/mol. The molecule has 0 saturated carbocycles. The Hall–Kier alpha value is -2.78. The molecule has 188 valence electrons. The van der Waals surface area contributed by atoms with E-state index in [1.165, 1.54) is 5.56 Å². The van der Waals surface area contributed by atoms with Crippen molar-refractivity contribution in [1.82, 2.24) is 14.9 Å². The molecule has 1 aliphatic carbocycles. The highest BCUT2D eigenvalue weighted by atomic mass is 35.5. The molecule has 6 rings (SSSR count). The molecule has 4 heterocycles. The summed E-state index contributed by atoms with van der Waals surface area (Å²) < 4.78 is 6.86. The molecule has 36 heavy (non-hydrogen) atoms. The van der Waals surface area contributed by atoms with Crippen LogP contribution in [0.3, 0.4) is 0 Å². The fourth-order valence-corrected chi connectivity index (χ4v) is 6.29. The van der Waals surface area contributed by atoms with Gasteiger partial charge >= 0.3 is 5.97 Å². The summed E-state index contributed by atoms with van der Waals surface area (Å²) in [5.41, 5.74) is 4.66. The highest BCUT2D eigenvalue weighted by Crippen LogP contribution is 2.46. The number of cyclic esters (lactones) is 1. The largest absolute Gasteiger partial charge is 0.458 e. The molecule has 8 nitrogen and oxygen atoms in total. The van der Waals surface area contributed by atoms with Gasteiger partial charge in [-0.25, -0.2) is 9.78 Å². The van der Waals surface area contributed by atoms with Gasteiger partial charge in [0.15, 0.2) is 5.60 Å². The maximum absolute atomic E-state index is 13.6. The van der Waals surface area contributed by atoms with Gasteiger partial charge < -0.3 is 24.8 Å². The van der Waals surface area contributed by atoms with Crippen molar-refractivity contribution >= 4 is 28.5 Å². The Bertz CT molecular complexity index is 1530. The van der Waals surface area contributed by atoms with Crippen molar-refractivity contribution < 1.29 is 19.7 Å². The Labute approximate surface area is 212 Å². The smallest absolute Gasteiger partial charge is 0.343 e. The lowest BCUT2D eigenvalue weighted by atomic mass is 9.81. The molecule has 0 amide bonds. The topological polar surface area (TPSA) is 114 Å². The van der Waals surface area contributed by atoms with Crippen molar-refractivity contribution in [3.8, 4) is 11.4 Å². The number of carbonyl (C=O) groups is 1. The third-order valence-electron chi connectivity index (χ3n) is 8.04. The summed E-state index contributed by atoms with van der Waals surface area (Å²) in [7, 11) is 0. The first-order valence-corrected chi connectivity index (χ1v) is 12.8. The number of aliphatic hydroxyl groups excluding tert-OH is 1. The third-order valence-corrected chi connectivity index (χ3v) is 8.43. The Morgan fingerprint density at radius 3 is 2.81 bits per heavy atom. The molecular weight excluding hydrogens is 482 g/mol. The van der Waals surface area contributed by atoms with E-state index in [1.54, 1.807) is 24.5 Å². The van der Waals surface area contributed by atoms with Gasteiger partial charge in [0, 0.05) is 34.1 Å². The number of hydrogen-bond acceptors (Lipinski definition) is 7. The lowest BCUT2D eigenvalue weighted by Crippen LogP contribution is -2.44. The van der Waals surface area contributed by atoms with Crippen molar-refractivity contribution in [2.24, 2.45) is 0 Å². The van der Waals surface area contributed by atoms with Crippen LogP contribution in [0.5, 0.6) is 0 Å². The van der Waals surface area contributed by atoms with E-state index in [4.69, 9.17) is 21.3 Å². The van der Waals surface area contributed by atoms with E-state index in [2.05, 4.69) is 5.32 Å². The molecule has 3 atom stereocenters. The van der Waals surface area contributed by atoms with Gasteiger partial charge in [0.2, 0.25) is 0 Å². The minimum atomic E-state index is -1.87. The quantitative estimate of drug-likeness (QED) is 0.362. The van der Waals surface area contributed by atoms with Crippen LogP contribution in [-0.4, -0.2) is 38.4 Å². The predicted octanol–water partition coefficient (Wildman–Crippen LogP) is 3.00. The van der Waals surface area contributed by atoms with Gasteiger partial charge in [0.25, 0.3) is 5.56 Å². The van der Waals surface area contributed by atoms with Crippen molar-refractivity contribution in [2.45, 2.75) is 70.9 Å². The summed E-state index contributed by atoms with van der Waals surface area (Å²) in [5, 5.41) is 26.3. The highest BCUT2D eigenvalue weighted by Gasteiger charge is 2.45. The Morgan fingerprint density at radius 1 is 1.31 bits per heavy atom. The summed E-state index contributed by atoms with van der Waals surface area (Å²) in [6.07, 6.45) is 1.25. The number of carbonyl (C=O) groups excluding carboxylic acids is 1. The number of fused-ring (bicyclic) bond motifs is 5. The minimum absolute atomic E-state index is 0.0240. The summed E-state index contributed by atoms with van der Waals surface area (Å²) in [6, 6.07) is 3.58. The van der Waals surface area contributed by atoms with Crippen LogP contribution in [0.15, 0.2) is 16.9 Å². The van der Waals surface area contributed by atoms with Gasteiger partial charge in [0.05, 0.1) is 35.1 Å². The standard InChI is InChI=1S/C27H28ClN3O5/c1-4-27(35)17-7-21-24-15(10-31(21)25(33)16(17)11-36-26(27)34)23-19(29-9-12(2)32)6-5-14-13(3)18(28)8-20(30-24)22(14)23/h7-8,12,19,29,32,35H,4-6,9-11H2,1-3H3/t12?,19-,27-/m0/s1. The van der Waals surface area contributed by atoms with Crippen LogP contribution in [0.4, 0.5) is 0 Å². The molecule has 0 spiro atoms. The van der Waals surface area contributed by atoms with Crippen molar-refractivity contribution in [2.75, 3.05) is 6.54 Å². The number of aliphatic hydroxyl groups is 2. The van der Waals surface area contributed by atoms with Gasteiger partial charge in [-0.15, -0.1) is 0 Å². The molecule has 0 fully saturated rings. The van der Waals surface area contributed by atoms with Gasteiger partial charge in [-0.05, 0) is 61.9 Å². The number of pyridine rings is 2. The zero-order valence-corrected chi connectivity index (χ0v) is 21.2. The Morgan fingerprint density at radius 2 is 2.08 bits per heavy atom. The summed E-state index contributed by atoms with van der Waals surface area (Å²) in [6.45, 7) is 6.07. The van der Waals surface area contributed by atoms with Crippen LogP contribution in [0, 0.1) is 6.92 Å². The first-order valence-electron chi connectivity index (χ1n) is 12.4. The number of rotatable bonds is 4. The number of halogens is 1. The number of nitrogens with one attached hydrogen (secondary N) is 1. The van der Waals surface area contributed by atoms with Crippen LogP contribution in [0.2, 0.25) is 5.02 Å².